The minimum atomic E-state index is 0.0937. The molecule has 0 atom stereocenters. The zero-order chi connectivity index (χ0) is 19.9. The van der Waals surface area contributed by atoms with E-state index in [4.69, 9.17) is 0 Å². The second-order valence-electron chi connectivity index (χ2n) is 7.50. The molecule has 1 amide bonds. The molecule has 0 spiro atoms. The SMILES string of the molecule is CO/N=C/c1ccc(C(=O)N2CCN(Cc3ccc(C(C)C)cc3)CC2)cc1. The normalized spacial score (nSPS) is 15.4. The average Bonchev–Trinajstić information content (AvgIpc) is 2.73. The van der Waals surface area contributed by atoms with Gasteiger partial charge in [0.15, 0.2) is 0 Å². The molecule has 0 aliphatic carbocycles. The molecule has 0 unspecified atom stereocenters. The number of carbonyl (C=O) groups is 1. The van der Waals surface area contributed by atoms with Crippen LogP contribution in [-0.4, -0.2) is 55.2 Å². The van der Waals surface area contributed by atoms with E-state index in [-0.39, 0.29) is 5.91 Å². The Morgan fingerprint density at radius 2 is 1.68 bits per heavy atom. The summed E-state index contributed by atoms with van der Waals surface area (Å²) >= 11 is 0. The lowest BCUT2D eigenvalue weighted by Gasteiger charge is -2.34. The highest BCUT2D eigenvalue weighted by atomic mass is 16.6. The lowest BCUT2D eigenvalue weighted by atomic mass is 10.0. The summed E-state index contributed by atoms with van der Waals surface area (Å²) in [6.07, 6.45) is 1.63. The third-order valence-electron chi connectivity index (χ3n) is 5.18. The van der Waals surface area contributed by atoms with Gasteiger partial charge in [-0.05, 0) is 34.7 Å². The maximum atomic E-state index is 12.7. The first-order valence-corrected chi connectivity index (χ1v) is 9.84. The summed E-state index contributed by atoms with van der Waals surface area (Å²) in [4.78, 5) is 21.8. The Morgan fingerprint density at radius 1 is 1.04 bits per heavy atom. The van der Waals surface area contributed by atoms with Crippen LogP contribution in [0.3, 0.4) is 0 Å². The maximum absolute atomic E-state index is 12.7. The fourth-order valence-electron chi connectivity index (χ4n) is 3.38. The quantitative estimate of drug-likeness (QED) is 0.567. The number of benzene rings is 2. The van der Waals surface area contributed by atoms with Gasteiger partial charge < -0.3 is 9.74 Å². The lowest BCUT2D eigenvalue weighted by Crippen LogP contribution is -2.48. The van der Waals surface area contributed by atoms with Crippen molar-refractivity contribution in [1.82, 2.24) is 9.80 Å². The van der Waals surface area contributed by atoms with Crippen molar-refractivity contribution in [3.05, 3.63) is 70.8 Å². The fraction of sp³-hybridized carbons (Fsp3) is 0.391. The van der Waals surface area contributed by atoms with E-state index in [9.17, 15) is 4.79 Å². The monoisotopic (exact) mass is 379 g/mol. The van der Waals surface area contributed by atoms with Gasteiger partial charge in [0.05, 0.1) is 6.21 Å². The van der Waals surface area contributed by atoms with Crippen LogP contribution in [-0.2, 0) is 11.4 Å². The van der Waals surface area contributed by atoms with Crippen molar-refractivity contribution >= 4 is 12.1 Å². The van der Waals surface area contributed by atoms with Gasteiger partial charge in [-0.2, -0.15) is 0 Å². The van der Waals surface area contributed by atoms with Crippen molar-refractivity contribution in [2.24, 2.45) is 5.16 Å². The summed E-state index contributed by atoms with van der Waals surface area (Å²) in [6, 6.07) is 16.4. The summed E-state index contributed by atoms with van der Waals surface area (Å²) in [5.41, 5.74) is 4.33. The van der Waals surface area contributed by atoms with E-state index in [2.05, 4.69) is 53.0 Å². The van der Waals surface area contributed by atoms with Gasteiger partial charge in [0, 0.05) is 38.3 Å². The highest BCUT2D eigenvalue weighted by Crippen LogP contribution is 2.17. The number of carbonyl (C=O) groups excluding carboxylic acids is 1. The van der Waals surface area contributed by atoms with Crippen LogP contribution in [0.25, 0.3) is 0 Å². The first-order valence-electron chi connectivity index (χ1n) is 9.84. The topological polar surface area (TPSA) is 45.1 Å². The van der Waals surface area contributed by atoms with E-state index in [0.717, 1.165) is 38.3 Å². The minimum absolute atomic E-state index is 0.0937. The Morgan fingerprint density at radius 3 is 2.25 bits per heavy atom. The molecule has 2 aromatic rings. The Balaban J connectivity index is 1.51. The predicted octanol–water partition coefficient (Wildman–Crippen LogP) is 3.75. The van der Waals surface area contributed by atoms with Crippen molar-refractivity contribution in [2.45, 2.75) is 26.3 Å². The second kappa shape index (κ2) is 9.51. The minimum Gasteiger partial charge on any atom is -0.399 e. The Kier molecular flexibility index (Phi) is 6.82. The van der Waals surface area contributed by atoms with Crippen molar-refractivity contribution < 1.29 is 9.63 Å². The number of piperazine rings is 1. The molecule has 1 saturated heterocycles. The molecule has 28 heavy (non-hydrogen) atoms. The first-order chi connectivity index (χ1) is 13.6. The molecular weight excluding hydrogens is 350 g/mol. The summed E-state index contributed by atoms with van der Waals surface area (Å²) in [7, 11) is 1.51. The molecule has 1 heterocycles. The number of hydrogen-bond donors (Lipinski definition) is 0. The molecule has 0 bridgehead atoms. The lowest BCUT2D eigenvalue weighted by molar-refractivity contribution is 0.0628. The van der Waals surface area contributed by atoms with Gasteiger partial charge in [0.2, 0.25) is 0 Å². The summed E-state index contributed by atoms with van der Waals surface area (Å²) in [5.74, 6) is 0.654. The summed E-state index contributed by atoms with van der Waals surface area (Å²) < 4.78 is 0. The van der Waals surface area contributed by atoms with Crippen LogP contribution in [0, 0.1) is 0 Å². The van der Waals surface area contributed by atoms with Crippen LogP contribution in [0.1, 0.15) is 46.8 Å². The van der Waals surface area contributed by atoms with Gasteiger partial charge in [0.1, 0.15) is 7.11 Å². The largest absolute Gasteiger partial charge is 0.399 e. The molecule has 1 aliphatic rings. The van der Waals surface area contributed by atoms with Crippen molar-refractivity contribution in [3.8, 4) is 0 Å². The highest BCUT2D eigenvalue weighted by molar-refractivity contribution is 5.95. The molecule has 1 aliphatic heterocycles. The van der Waals surface area contributed by atoms with Gasteiger partial charge in [-0.1, -0.05) is 55.4 Å². The van der Waals surface area contributed by atoms with E-state index < -0.39 is 0 Å². The van der Waals surface area contributed by atoms with Crippen LogP contribution in [0.4, 0.5) is 0 Å². The van der Waals surface area contributed by atoms with E-state index in [0.29, 0.717) is 11.5 Å². The van der Waals surface area contributed by atoms with E-state index in [1.165, 1.54) is 18.2 Å². The molecule has 0 aromatic heterocycles. The zero-order valence-electron chi connectivity index (χ0n) is 17.0. The van der Waals surface area contributed by atoms with E-state index in [1.54, 1.807) is 6.21 Å². The molecule has 0 radical (unpaired) electrons. The number of amides is 1. The van der Waals surface area contributed by atoms with Crippen LogP contribution >= 0.6 is 0 Å². The van der Waals surface area contributed by atoms with Gasteiger partial charge in [-0.25, -0.2) is 0 Å². The molecule has 3 rings (SSSR count). The number of oxime groups is 1. The number of rotatable bonds is 6. The maximum Gasteiger partial charge on any atom is 0.253 e. The van der Waals surface area contributed by atoms with Crippen molar-refractivity contribution in [1.29, 1.82) is 0 Å². The van der Waals surface area contributed by atoms with Crippen molar-refractivity contribution in [3.63, 3.8) is 0 Å². The zero-order valence-corrected chi connectivity index (χ0v) is 17.0. The number of nitrogens with zero attached hydrogens (tertiary/aromatic N) is 3. The molecule has 148 valence electrons. The second-order valence-corrected chi connectivity index (χ2v) is 7.50. The smallest absolute Gasteiger partial charge is 0.253 e. The Bertz CT molecular complexity index is 790. The third kappa shape index (κ3) is 5.20. The van der Waals surface area contributed by atoms with Gasteiger partial charge in [-0.3, -0.25) is 9.69 Å². The fourth-order valence-corrected chi connectivity index (χ4v) is 3.38. The number of hydrogen-bond acceptors (Lipinski definition) is 4. The third-order valence-corrected chi connectivity index (χ3v) is 5.18. The van der Waals surface area contributed by atoms with Crippen molar-refractivity contribution in [2.75, 3.05) is 33.3 Å². The standard InChI is InChI=1S/C23H29N3O2/c1-18(2)21-8-6-20(7-9-21)17-25-12-14-26(15-13-25)23(27)22-10-4-19(5-11-22)16-24-28-3/h4-11,16,18H,12-15,17H2,1-3H3/b24-16+. The molecule has 5 nitrogen and oxygen atoms in total. The van der Waals surface area contributed by atoms with E-state index >= 15 is 0 Å². The molecular formula is C23H29N3O2. The van der Waals surface area contributed by atoms with E-state index in [1.807, 2.05) is 29.2 Å². The van der Waals surface area contributed by atoms with Crippen LogP contribution < -0.4 is 0 Å². The van der Waals surface area contributed by atoms with Gasteiger partial charge in [0.25, 0.3) is 5.91 Å². The Hall–Kier alpha value is -2.66. The summed E-state index contributed by atoms with van der Waals surface area (Å²) in [5, 5.41) is 3.74. The van der Waals surface area contributed by atoms with Gasteiger partial charge in [-0.15, -0.1) is 0 Å². The average molecular weight is 380 g/mol. The predicted molar refractivity (Wildman–Crippen MR) is 113 cm³/mol. The molecule has 0 saturated carbocycles. The highest BCUT2D eigenvalue weighted by Gasteiger charge is 2.22. The Labute approximate surface area is 167 Å². The molecule has 0 N–H and O–H groups in total. The van der Waals surface area contributed by atoms with Crippen LogP contribution in [0.5, 0.6) is 0 Å². The van der Waals surface area contributed by atoms with Crippen LogP contribution in [0.15, 0.2) is 53.7 Å². The summed E-state index contributed by atoms with van der Waals surface area (Å²) in [6.45, 7) is 8.68. The molecule has 5 heteroatoms. The molecule has 2 aromatic carbocycles. The first kappa shape index (κ1) is 20.1. The molecule has 1 fully saturated rings. The van der Waals surface area contributed by atoms with Gasteiger partial charge >= 0.3 is 0 Å². The van der Waals surface area contributed by atoms with Crippen LogP contribution in [0.2, 0.25) is 0 Å².